The maximum Gasteiger partial charge on any atom is 0.222 e. The number of carbonyl (C=O) groups is 1. The third-order valence-corrected chi connectivity index (χ3v) is 5.19. The van der Waals surface area contributed by atoms with E-state index in [-0.39, 0.29) is 12.0 Å². The van der Waals surface area contributed by atoms with E-state index in [9.17, 15) is 4.79 Å². The van der Waals surface area contributed by atoms with Gasteiger partial charge in [0.2, 0.25) is 5.91 Å². The summed E-state index contributed by atoms with van der Waals surface area (Å²) in [5, 5.41) is 0. The molecule has 1 heterocycles. The molecule has 0 spiro atoms. The Hall–Kier alpha value is -2.01. The Morgan fingerprint density at radius 2 is 2.04 bits per heavy atom. The van der Waals surface area contributed by atoms with Gasteiger partial charge in [-0.1, -0.05) is 12.1 Å². The Balaban J connectivity index is 1.96. The monoisotopic (exact) mass is 374 g/mol. The number of allylic oxidation sites excluding steroid dienone is 1. The van der Waals surface area contributed by atoms with Gasteiger partial charge in [0.05, 0.1) is 7.11 Å². The van der Waals surface area contributed by atoms with Crippen molar-refractivity contribution in [2.24, 2.45) is 0 Å². The number of methoxy groups -OCH3 is 1. The lowest BCUT2D eigenvalue weighted by Gasteiger charge is -2.32. The number of hydrogen-bond acceptors (Lipinski definition) is 4. The van der Waals surface area contributed by atoms with E-state index in [0.29, 0.717) is 12.5 Å². The summed E-state index contributed by atoms with van der Waals surface area (Å²) in [5.74, 6) is 1.77. The molecule has 1 saturated heterocycles. The van der Waals surface area contributed by atoms with Crippen molar-refractivity contribution in [1.29, 1.82) is 0 Å². The predicted molar refractivity (Wildman–Crippen MR) is 109 cm³/mol. The molecule has 0 aliphatic carbocycles. The third-order valence-electron chi connectivity index (χ3n) is 5.19. The molecular weight excluding hydrogens is 340 g/mol. The van der Waals surface area contributed by atoms with Crippen molar-refractivity contribution in [2.45, 2.75) is 58.2 Å². The summed E-state index contributed by atoms with van der Waals surface area (Å²) in [5.41, 5.74) is 1.21. The van der Waals surface area contributed by atoms with Crippen molar-refractivity contribution < 1.29 is 14.3 Å². The zero-order valence-electron chi connectivity index (χ0n) is 17.2. The van der Waals surface area contributed by atoms with Crippen LogP contribution in [0.25, 0.3) is 0 Å². The van der Waals surface area contributed by atoms with E-state index in [0.717, 1.165) is 50.4 Å². The van der Waals surface area contributed by atoms with Gasteiger partial charge in [0.25, 0.3) is 0 Å². The van der Waals surface area contributed by atoms with Crippen LogP contribution in [0.3, 0.4) is 0 Å². The minimum absolute atomic E-state index is 0.112. The smallest absolute Gasteiger partial charge is 0.222 e. The van der Waals surface area contributed by atoms with Crippen LogP contribution in [0.1, 0.15) is 45.1 Å². The molecule has 0 N–H and O–H groups in total. The molecular formula is C22H34N2O3. The van der Waals surface area contributed by atoms with Crippen molar-refractivity contribution in [3.05, 3.63) is 36.4 Å². The molecule has 1 aliphatic rings. The van der Waals surface area contributed by atoms with Gasteiger partial charge >= 0.3 is 0 Å². The average Bonchev–Trinajstić information content (AvgIpc) is 2.66. The number of benzene rings is 1. The molecule has 5 heteroatoms. The van der Waals surface area contributed by atoms with Gasteiger partial charge in [-0.05, 0) is 45.0 Å². The highest BCUT2D eigenvalue weighted by molar-refractivity contribution is 5.76. The molecule has 0 aromatic heterocycles. The first-order chi connectivity index (χ1) is 12.9. The van der Waals surface area contributed by atoms with Gasteiger partial charge in [-0.2, -0.15) is 0 Å². The van der Waals surface area contributed by atoms with Crippen LogP contribution in [-0.2, 0) is 11.3 Å². The number of nitrogens with zero attached hydrogens (tertiary/aromatic N) is 2. The second-order valence-electron chi connectivity index (χ2n) is 7.52. The van der Waals surface area contributed by atoms with Crippen LogP contribution in [-0.4, -0.2) is 55.1 Å². The van der Waals surface area contributed by atoms with Gasteiger partial charge in [0.15, 0.2) is 11.5 Å². The SMILES string of the molecule is C=CCCC(=O)N1CCC(Oc2cc(CN(C)C(C)C)ccc2OC)CC1. The molecule has 2 rings (SSSR count). The summed E-state index contributed by atoms with van der Waals surface area (Å²) in [6, 6.07) is 6.64. The zero-order valence-corrected chi connectivity index (χ0v) is 17.2. The molecule has 1 aromatic rings. The highest BCUT2D eigenvalue weighted by Gasteiger charge is 2.24. The van der Waals surface area contributed by atoms with Crippen molar-refractivity contribution >= 4 is 5.91 Å². The Labute approximate surface area is 163 Å². The van der Waals surface area contributed by atoms with Gasteiger partial charge in [-0.3, -0.25) is 9.69 Å². The van der Waals surface area contributed by atoms with Crippen LogP contribution in [0.5, 0.6) is 11.5 Å². The molecule has 1 amide bonds. The van der Waals surface area contributed by atoms with Crippen LogP contribution in [0, 0.1) is 0 Å². The molecule has 5 nitrogen and oxygen atoms in total. The van der Waals surface area contributed by atoms with E-state index < -0.39 is 0 Å². The Bertz CT molecular complexity index is 622. The fraction of sp³-hybridized carbons (Fsp3) is 0.591. The van der Waals surface area contributed by atoms with Crippen molar-refractivity contribution in [3.63, 3.8) is 0 Å². The molecule has 1 fully saturated rings. The molecule has 0 saturated carbocycles. The van der Waals surface area contributed by atoms with Crippen LogP contribution < -0.4 is 9.47 Å². The largest absolute Gasteiger partial charge is 0.493 e. The fourth-order valence-electron chi connectivity index (χ4n) is 3.17. The first kappa shape index (κ1) is 21.3. The van der Waals surface area contributed by atoms with E-state index >= 15 is 0 Å². The van der Waals surface area contributed by atoms with Gasteiger partial charge in [-0.25, -0.2) is 0 Å². The van der Waals surface area contributed by atoms with Gasteiger partial charge in [-0.15, -0.1) is 6.58 Å². The summed E-state index contributed by atoms with van der Waals surface area (Å²) < 4.78 is 11.8. The normalized spacial score (nSPS) is 15.3. The van der Waals surface area contributed by atoms with Crippen molar-refractivity contribution in [2.75, 3.05) is 27.2 Å². The average molecular weight is 375 g/mol. The van der Waals surface area contributed by atoms with E-state index in [1.807, 2.05) is 11.0 Å². The van der Waals surface area contributed by atoms with Crippen molar-refractivity contribution in [3.8, 4) is 11.5 Å². The van der Waals surface area contributed by atoms with Crippen LogP contribution in [0.2, 0.25) is 0 Å². The maximum atomic E-state index is 12.1. The van der Waals surface area contributed by atoms with E-state index in [1.165, 1.54) is 5.56 Å². The van der Waals surface area contributed by atoms with Crippen LogP contribution >= 0.6 is 0 Å². The topological polar surface area (TPSA) is 42.0 Å². The van der Waals surface area contributed by atoms with Gasteiger partial charge in [0.1, 0.15) is 6.10 Å². The summed E-state index contributed by atoms with van der Waals surface area (Å²) in [4.78, 5) is 16.4. The summed E-state index contributed by atoms with van der Waals surface area (Å²) in [7, 11) is 3.79. The van der Waals surface area contributed by atoms with Crippen LogP contribution in [0.15, 0.2) is 30.9 Å². The summed E-state index contributed by atoms with van der Waals surface area (Å²) >= 11 is 0. The van der Waals surface area contributed by atoms with E-state index in [2.05, 4.69) is 44.5 Å². The lowest BCUT2D eigenvalue weighted by Crippen LogP contribution is -2.41. The maximum absolute atomic E-state index is 12.1. The number of piperidine rings is 1. The quantitative estimate of drug-likeness (QED) is 0.615. The second kappa shape index (κ2) is 10.4. The van der Waals surface area contributed by atoms with Gasteiger partial charge in [0, 0.05) is 44.9 Å². The highest BCUT2D eigenvalue weighted by Crippen LogP contribution is 2.31. The van der Waals surface area contributed by atoms with Gasteiger partial charge < -0.3 is 14.4 Å². The summed E-state index contributed by atoms with van der Waals surface area (Å²) in [6.07, 6.45) is 4.89. The number of likely N-dealkylation sites (tertiary alicyclic amines) is 1. The molecule has 0 unspecified atom stereocenters. The standard InChI is InChI=1S/C22H34N2O3/c1-6-7-8-22(25)24-13-11-19(12-14-24)27-21-15-18(9-10-20(21)26-5)16-23(4)17(2)3/h6,9-10,15,17,19H,1,7-8,11-14,16H2,2-5H3. The third kappa shape index (κ3) is 6.28. The molecule has 0 atom stereocenters. The zero-order chi connectivity index (χ0) is 19.8. The van der Waals surface area contributed by atoms with Crippen LogP contribution in [0.4, 0.5) is 0 Å². The molecule has 1 aromatic carbocycles. The molecule has 0 radical (unpaired) electrons. The van der Waals surface area contributed by atoms with Crippen molar-refractivity contribution in [1.82, 2.24) is 9.80 Å². The molecule has 150 valence electrons. The van der Waals surface area contributed by atoms with E-state index in [4.69, 9.17) is 9.47 Å². The highest BCUT2D eigenvalue weighted by atomic mass is 16.5. The number of hydrogen-bond donors (Lipinski definition) is 0. The Morgan fingerprint density at radius 3 is 2.63 bits per heavy atom. The number of carbonyl (C=O) groups excluding carboxylic acids is 1. The minimum Gasteiger partial charge on any atom is -0.493 e. The number of ether oxygens (including phenoxy) is 2. The number of rotatable bonds is 9. The lowest BCUT2D eigenvalue weighted by molar-refractivity contribution is -0.132. The first-order valence-electron chi connectivity index (χ1n) is 9.87. The fourth-order valence-corrected chi connectivity index (χ4v) is 3.17. The minimum atomic E-state index is 0.112. The Kier molecular flexibility index (Phi) is 8.17. The summed E-state index contributed by atoms with van der Waals surface area (Å²) in [6.45, 7) is 10.4. The molecule has 0 bridgehead atoms. The Morgan fingerprint density at radius 1 is 1.33 bits per heavy atom. The predicted octanol–water partition coefficient (Wildman–Crippen LogP) is 3.87. The van der Waals surface area contributed by atoms with E-state index in [1.54, 1.807) is 13.2 Å². The second-order valence-corrected chi connectivity index (χ2v) is 7.52. The first-order valence-corrected chi connectivity index (χ1v) is 9.87. The number of amides is 1. The molecule has 27 heavy (non-hydrogen) atoms. The lowest BCUT2D eigenvalue weighted by atomic mass is 10.1. The molecule has 1 aliphatic heterocycles.